The van der Waals surface area contributed by atoms with Crippen LogP contribution >= 0.6 is 0 Å². The lowest BCUT2D eigenvalue weighted by Crippen LogP contribution is -2.31. The molecule has 41 heavy (non-hydrogen) atoms. The third-order valence-electron chi connectivity index (χ3n) is 8.05. The van der Waals surface area contributed by atoms with E-state index in [0.717, 1.165) is 79.4 Å². The number of carbonyl (C=O) groups is 1. The lowest BCUT2D eigenvalue weighted by Gasteiger charge is -2.32. The number of nitriles is 1. The minimum absolute atomic E-state index is 0.283. The fraction of sp³-hybridized carbons (Fsp3) is 0.294. The SMILES string of the molecule is C=CCN(CCCCc1c[nH]c2c(C(=O)O)cccc12)CCCC1(c2ccc(F)cc2)OCc2cc(C#N)ccc21. The number of aromatic carboxylic acids is 1. The maximum atomic E-state index is 13.8. The van der Waals surface area contributed by atoms with E-state index >= 15 is 0 Å². The Labute approximate surface area is 239 Å². The summed E-state index contributed by atoms with van der Waals surface area (Å²) in [7, 11) is 0. The predicted octanol–water partition coefficient (Wildman–Crippen LogP) is 6.94. The van der Waals surface area contributed by atoms with Crippen molar-refractivity contribution in [1.82, 2.24) is 9.88 Å². The Kier molecular flexibility index (Phi) is 8.63. The second kappa shape index (κ2) is 12.5. The van der Waals surface area contributed by atoms with Crippen molar-refractivity contribution in [3.8, 4) is 6.07 Å². The number of nitrogens with zero attached hydrogens (tertiary/aromatic N) is 2. The van der Waals surface area contributed by atoms with Gasteiger partial charge in [-0.1, -0.05) is 36.4 Å². The molecule has 0 spiro atoms. The molecule has 7 heteroatoms. The van der Waals surface area contributed by atoms with Gasteiger partial charge in [0.25, 0.3) is 0 Å². The number of halogens is 1. The number of nitrogens with one attached hydrogen (secondary N) is 1. The Balaban J connectivity index is 1.22. The number of H-pyrrole nitrogens is 1. The zero-order valence-corrected chi connectivity index (χ0v) is 23.0. The highest BCUT2D eigenvalue weighted by Gasteiger charge is 2.41. The molecule has 1 atom stereocenters. The number of carboxylic acids is 1. The molecule has 0 amide bonds. The maximum Gasteiger partial charge on any atom is 0.337 e. The first kappa shape index (κ1) is 28.3. The minimum atomic E-state index is -0.927. The molecule has 210 valence electrons. The smallest absolute Gasteiger partial charge is 0.337 e. The van der Waals surface area contributed by atoms with Crippen LogP contribution in [-0.4, -0.2) is 40.6 Å². The van der Waals surface area contributed by atoms with Crippen molar-refractivity contribution in [3.05, 3.63) is 119 Å². The first-order valence-corrected chi connectivity index (χ1v) is 14.0. The summed E-state index contributed by atoms with van der Waals surface area (Å²) in [6.07, 6.45) is 8.29. The van der Waals surface area contributed by atoms with Crippen LogP contribution in [0.5, 0.6) is 0 Å². The second-order valence-corrected chi connectivity index (χ2v) is 10.6. The van der Waals surface area contributed by atoms with E-state index in [9.17, 15) is 19.6 Å². The Morgan fingerprint density at radius 1 is 1.15 bits per heavy atom. The summed E-state index contributed by atoms with van der Waals surface area (Å²) < 4.78 is 20.2. The van der Waals surface area contributed by atoms with Gasteiger partial charge in [0.05, 0.1) is 29.3 Å². The van der Waals surface area contributed by atoms with Gasteiger partial charge in [-0.25, -0.2) is 9.18 Å². The number of carboxylic acid groups (broad SMARTS) is 1. The number of aryl methyl sites for hydroxylation is 1. The highest BCUT2D eigenvalue weighted by molar-refractivity contribution is 6.02. The lowest BCUT2D eigenvalue weighted by atomic mass is 9.81. The van der Waals surface area contributed by atoms with Crippen LogP contribution in [0.25, 0.3) is 10.9 Å². The zero-order valence-electron chi connectivity index (χ0n) is 23.0. The van der Waals surface area contributed by atoms with Gasteiger partial charge in [0, 0.05) is 18.1 Å². The van der Waals surface area contributed by atoms with Crippen LogP contribution < -0.4 is 0 Å². The van der Waals surface area contributed by atoms with E-state index < -0.39 is 11.6 Å². The molecule has 2 N–H and O–H groups in total. The number of benzene rings is 3. The number of rotatable bonds is 13. The highest BCUT2D eigenvalue weighted by Crippen LogP contribution is 2.45. The summed E-state index contributed by atoms with van der Waals surface area (Å²) in [6, 6.07) is 19.8. The Hall–Kier alpha value is -4.25. The molecule has 0 saturated carbocycles. The van der Waals surface area contributed by atoms with Gasteiger partial charge in [-0.05, 0) is 97.8 Å². The number of fused-ring (bicyclic) bond motifs is 2. The molecule has 5 rings (SSSR count). The summed E-state index contributed by atoms with van der Waals surface area (Å²) in [6.45, 7) is 6.92. The highest BCUT2D eigenvalue weighted by atomic mass is 19.1. The summed E-state index contributed by atoms with van der Waals surface area (Å²) in [5.74, 6) is -1.21. The summed E-state index contributed by atoms with van der Waals surface area (Å²) >= 11 is 0. The van der Waals surface area contributed by atoms with E-state index in [0.29, 0.717) is 23.3 Å². The molecule has 0 fully saturated rings. The first-order chi connectivity index (χ1) is 19.9. The molecular weight excluding hydrogens is 517 g/mol. The topological polar surface area (TPSA) is 89.3 Å². The van der Waals surface area contributed by atoms with Crippen molar-refractivity contribution < 1.29 is 19.0 Å². The summed E-state index contributed by atoms with van der Waals surface area (Å²) in [5.41, 5.74) is 5.00. The van der Waals surface area contributed by atoms with Crippen LogP contribution in [-0.2, 0) is 23.4 Å². The molecule has 1 unspecified atom stereocenters. The number of ether oxygens (including phenoxy) is 1. The van der Waals surface area contributed by atoms with E-state index in [1.165, 1.54) is 12.1 Å². The fourth-order valence-corrected chi connectivity index (χ4v) is 6.04. The van der Waals surface area contributed by atoms with Crippen molar-refractivity contribution in [2.45, 2.75) is 44.3 Å². The molecule has 1 aliphatic heterocycles. The molecule has 0 aliphatic carbocycles. The number of aromatic amines is 1. The fourth-order valence-electron chi connectivity index (χ4n) is 6.04. The third-order valence-corrected chi connectivity index (χ3v) is 8.05. The molecule has 4 aromatic rings. The number of para-hydroxylation sites is 1. The molecule has 2 heterocycles. The van der Waals surface area contributed by atoms with E-state index in [1.807, 2.05) is 36.5 Å². The number of hydrogen-bond acceptors (Lipinski definition) is 4. The Bertz CT molecular complexity index is 1590. The molecule has 6 nitrogen and oxygen atoms in total. The molecule has 1 aromatic heterocycles. The normalized spacial score (nSPS) is 16.1. The molecule has 0 saturated heterocycles. The molecule has 1 aliphatic rings. The van der Waals surface area contributed by atoms with E-state index in [4.69, 9.17) is 4.74 Å². The van der Waals surface area contributed by atoms with E-state index in [1.54, 1.807) is 24.3 Å². The zero-order chi connectivity index (χ0) is 28.8. The van der Waals surface area contributed by atoms with Crippen LogP contribution in [0.1, 0.15) is 63.9 Å². The Morgan fingerprint density at radius 3 is 2.71 bits per heavy atom. The summed E-state index contributed by atoms with van der Waals surface area (Å²) in [4.78, 5) is 17.1. The van der Waals surface area contributed by atoms with Gasteiger partial charge in [-0.15, -0.1) is 6.58 Å². The molecule has 3 aromatic carbocycles. The Morgan fingerprint density at radius 2 is 1.95 bits per heavy atom. The van der Waals surface area contributed by atoms with E-state index in [2.05, 4.69) is 22.5 Å². The van der Waals surface area contributed by atoms with Crippen molar-refractivity contribution in [2.75, 3.05) is 19.6 Å². The van der Waals surface area contributed by atoms with Gasteiger partial charge in [-0.3, -0.25) is 4.90 Å². The maximum absolute atomic E-state index is 13.8. The average molecular weight is 552 g/mol. The van der Waals surface area contributed by atoms with Gasteiger partial charge in [0.2, 0.25) is 0 Å². The lowest BCUT2D eigenvalue weighted by molar-refractivity contribution is -0.0144. The number of unbranched alkanes of at least 4 members (excludes halogenated alkanes) is 1. The largest absolute Gasteiger partial charge is 0.478 e. The monoisotopic (exact) mass is 551 g/mol. The summed E-state index contributed by atoms with van der Waals surface area (Å²) in [5, 5.41) is 19.8. The van der Waals surface area contributed by atoms with E-state index in [-0.39, 0.29) is 5.82 Å². The van der Waals surface area contributed by atoms with Crippen LogP contribution in [0.4, 0.5) is 4.39 Å². The van der Waals surface area contributed by atoms with Crippen LogP contribution in [0.2, 0.25) is 0 Å². The average Bonchev–Trinajstić information content (AvgIpc) is 3.57. The van der Waals surface area contributed by atoms with Crippen molar-refractivity contribution in [2.24, 2.45) is 0 Å². The van der Waals surface area contributed by atoms with Gasteiger partial charge >= 0.3 is 5.97 Å². The molecule has 0 radical (unpaired) electrons. The third kappa shape index (κ3) is 5.95. The number of aromatic nitrogens is 1. The second-order valence-electron chi connectivity index (χ2n) is 10.6. The van der Waals surface area contributed by atoms with Gasteiger partial charge in [0.15, 0.2) is 0 Å². The van der Waals surface area contributed by atoms with Gasteiger partial charge in [-0.2, -0.15) is 5.26 Å². The van der Waals surface area contributed by atoms with Crippen molar-refractivity contribution in [3.63, 3.8) is 0 Å². The van der Waals surface area contributed by atoms with Crippen LogP contribution in [0, 0.1) is 17.1 Å². The van der Waals surface area contributed by atoms with Crippen molar-refractivity contribution in [1.29, 1.82) is 5.26 Å². The molecular formula is C34H34FN3O3. The predicted molar refractivity (Wildman–Crippen MR) is 157 cm³/mol. The van der Waals surface area contributed by atoms with Crippen molar-refractivity contribution >= 4 is 16.9 Å². The van der Waals surface area contributed by atoms with Gasteiger partial charge in [0.1, 0.15) is 11.4 Å². The van der Waals surface area contributed by atoms with Crippen LogP contribution in [0.15, 0.2) is 79.5 Å². The minimum Gasteiger partial charge on any atom is -0.478 e. The quantitative estimate of drug-likeness (QED) is 0.139. The molecule has 0 bridgehead atoms. The van der Waals surface area contributed by atoms with Crippen LogP contribution in [0.3, 0.4) is 0 Å². The number of hydrogen-bond donors (Lipinski definition) is 2. The standard InChI is InChI=1S/C34H34FN3O3/c1-2-17-38(18-4-3-7-25-22-37-32-29(25)8-5-9-30(32)33(39)40)19-6-16-34(27-11-13-28(35)14-12-27)31-15-10-24(21-36)20-26(31)23-41-34/h2,5,8-15,20,22,37H,1,3-4,6-7,16-19,23H2,(H,39,40). The first-order valence-electron chi connectivity index (χ1n) is 14.0. The van der Waals surface area contributed by atoms with Gasteiger partial charge < -0.3 is 14.8 Å².